The van der Waals surface area contributed by atoms with Crippen LogP contribution in [0.25, 0.3) is 6.08 Å². The fourth-order valence-electron chi connectivity index (χ4n) is 2.91. The van der Waals surface area contributed by atoms with Crippen molar-refractivity contribution in [1.82, 2.24) is 4.90 Å². The SMILES string of the molecule is CCN(Cc1ccc2c(c1)OCO2)C(=O)/C=C/c1cc(Cl)c(OC)c(OC)c1. The van der Waals surface area contributed by atoms with E-state index in [4.69, 9.17) is 30.5 Å². The van der Waals surface area contributed by atoms with Crippen LogP contribution < -0.4 is 18.9 Å². The fraction of sp³-hybridized carbons (Fsp3) is 0.286. The van der Waals surface area contributed by atoms with E-state index in [0.29, 0.717) is 35.4 Å². The maximum atomic E-state index is 12.6. The second-order valence-electron chi connectivity index (χ2n) is 6.11. The molecule has 0 radical (unpaired) electrons. The predicted octanol–water partition coefficient (Wildman–Crippen LogP) is 4.15. The highest BCUT2D eigenvalue weighted by atomic mass is 35.5. The molecule has 1 aliphatic heterocycles. The lowest BCUT2D eigenvalue weighted by molar-refractivity contribution is -0.126. The Morgan fingerprint density at radius 1 is 1.18 bits per heavy atom. The Morgan fingerprint density at radius 3 is 2.68 bits per heavy atom. The second kappa shape index (κ2) is 8.89. The highest BCUT2D eigenvalue weighted by molar-refractivity contribution is 6.32. The van der Waals surface area contributed by atoms with Crippen LogP contribution in [0.3, 0.4) is 0 Å². The van der Waals surface area contributed by atoms with Crippen molar-refractivity contribution in [2.75, 3.05) is 27.6 Å². The molecule has 6 nitrogen and oxygen atoms in total. The minimum Gasteiger partial charge on any atom is -0.493 e. The highest BCUT2D eigenvalue weighted by Gasteiger charge is 2.16. The first-order valence-electron chi connectivity index (χ1n) is 8.82. The van der Waals surface area contributed by atoms with Gasteiger partial charge in [0.05, 0.1) is 19.2 Å². The van der Waals surface area contributed by atoms with Gasteiger partial charge in [-0.2, -0.15) is 0 Å². The molecule has 0 atom stereocenters. The number of carbonyl (C=O) groups excluding carboxylic acids is 1. The molecule has 0 bridgehead atoms. The normalized spacial score (nSPS) is 12.3. The van der Waals surface area contributed by atoms with E-state index in [1.165, 1.54) is 20.3 Å². The molecular formula is C21H22ClNO5. The van der Waals surface area contributed by atoms with Crippen molar-refractivity contribution in [3.8, 4) is 23.0 Å². The number of amides is 1. The van der Waals surface area contributed by atoms with Gasteiger partial charge in [-0.05, 0) is 48.4 Å². The molecule has 3 rings (SSSR count). The monoisotopic (exact) mass is 403 g/mol. The number of rotatable bonds is 7. The first-order valence-corrected chi connectivity index (χ1v) is 9.20. The Hall–Kier alpha value is -2.86. The molecule has 0 saturated heterocycles. The average molecular weight is 404 g/mol. The van der Waals surface area contributed by atoms with Crippen molar-refractivity contribution < 1.29 is 23.7 Å². The first kappa shape index (κ1) is 19.9. The highest BCUT2D eigenvalue weighted by Crippen LogP contribution is 2.36. The minimum atomic E-state index is -0.105. The fourth-order valence-corrected chi connectivity index (χ4v) is 3.21. The Balaban J connectivity index is 1.72. The summed E-state index contributed by atoms with van der Waals surface area (Å²) in [5.41, 5.74) is 1.72. The van der Waals surface area contributed by atoms with E-state index in [2.05, 4.69) is 0 Å². The molecule has 148 valence electrons. The average Bonchev–Trinajstić information content (AvgIpc) is 3.17. The number of carbonyl (C=O) groups is 1. The molecule has 1 aliphatic rings. The van der Waals surface area contributed by atoms with Crippen molar-refractivity contribution in [2.24, 2.45) is 0 Å². The summed E-state index contributed by atoms with van der Waals surface area (Å²) in [6, 6.07) is 9.18. The molecule has 0 spiro atoms. The number of hydrogen-bond acceptors (Lipinski definition) is 5. The minimum absolute atomic E-state index is 0.105. The Bertz CT molecular complexity index is 897. The maximum absolute atomic E-state index is 12.6. The van der Waals surface area contributed by atoms with Gasteiger partial charge in [-0.3, -0.25) is 4.79 Å². The van der Waals surface area contributed by atoms with E-state index in [0.717, 1.165) is 16.9 Å². The zero-order chi connectivity index (χ0) is 20.1. The van der Waals surface area contributed by atoms with Crippen LogP contribution in [0, 0.1) is 0 Å². The molecule has 1 heterocycles. The molecule has 0 aliphatic carbocycles. The van der Waals surface area contributed by atoms with Gasteiger partial charge in [0.25, 0.3) is 0 Å². The molecule has 0 unspecified atom stereocenters. The van der Waals surface area contributed by atoms with Crippen molar-refractivity contribution in [3.63, 3.8) is 0 Å². The van der Waals surface area contributed by atoms with Crippen molar-refractivity contribution in [1.29, 1.82) is 0 Å². The van der Waals surface area contributed by atoms with Crippen LogP contribution in [-0.2, 0) is 11.3 Å². The standard InChI is InChI=1S/C21H22ClNO5/c1-4-23(12-15-5-7-17-18(11-15)28-13-27-17)20(24)8-6-14-9-16(22)21(26-3)19(10-14)25-2/h5-11H,4,12-13H2,1-3H3/b8-6+. The van der Waals surface area contributed by atoms with Gasteiger partial charge in [0.15, 0.2) is 23.0 Å². The van der Waals surface area contributed by atoms with Crippen LogP contribution in [0.4, 0.5) is 0 Å². The van der Waals surface area contributed by atoms with Gasteiger partial charge in [-0.25, -0.2) is 0 Å². The topological polar surface area (TPSA) is 57.2 Å². The van der Waals surface area contributed by atoms with Crippen LogP contribution in [0.1, 0.15) is 18.1 Å². The summed E-state index contributed by atoms with van der Waals surface area (Å²) >= 11 is 6.22. The third kappa shape index (κ3) is 4.34. The van der Waals surface area contributed by atoms with Crippen LogP contribution >= 0.6 is 11.6 Å². The van der Waals surface area contributed by atoms with Gasteiger partial charge in [0.1, 0.15) is 0 Å². The van der Waals surface area contributed by atoms with Crippen LogP contribution in [-0.4, -0.2) is 38.4 Å². The molecule has 0 N–H and O–H groups in total. The predicted molar refractivity (Wildman–Crippen MR) is 107 cm³/mol. The summed E-state index contributed by atoms with van der Waals surface area (Å²) in [5.74, 6) is 2.30. The van der Waals surface area contributed by atoms with Gasteiger partial charge in [-0.15, -0.1) is 0 Å². The smallest absolute Gasteiger partial charge is 0.246 e. The molecule has 2 aromatic carbocycles. The quantitative estimate of drug-likeness (QED) is 0.650. The molecule has 1 amide bonds. The van der Waals surface area contributed by atoms with Gasteiger partial charge < -0.3 is 23.8 Å². The van der Waals surface area contributed by atoms with Gasteiger partial charge >= 0.3 is 0 Å². The number of fused-ring (bicyclic) bond motifs is 1. The van der Waals surface area contributed by atoms with Crippen LogP contribution in [0.15, 0.2) is 36.4 Å². The molecular weight excluding hydrogens is 382 g/mol. The summed E-state index contributed by atoms with van der Waals surface area (Å²) in [4.78, 5) is 14.4. The maximum Gasteiger partial charge on any atom is 0.246 e. The number of hydrogen-bond donors (Lipinski definition) is 0. The molecule has 7 heteroatoms. The summed E-state index contributed by atoms with van der Waals surface area (Å²) in [6.45, 7) is 3.21. The third-order valence-electron chi connectivity index (χ3n) is 4.38. The van der Waals surface area contributed by atoms with Crippen molar-refractivity contribution in [2.45, 2.75) is 13.5 Å². The Morgan fingerprint density at radius 2 is 1.96 bits per heavy atom. The lowest BCUT2D eigenvalue weighted by Crippen LogP contribution is -2.28. The zero-order valence-corrected chi connectivity index (χ0v) is 16.8. The molecule has 0 aromatic heterocycles. The summed E-state index contributed by atoms with van der Waals surface area (Å²) < 4.78 is 21.2. The Kier molecular flexibility index (Phi) is 6.31. The second-order valence-corrected chi connectivity index (χ2v) is 6.52. The number of likely N-dealkylation sites (N-methyl/N-ethyl adjacent to an activating group) is 1. The van der Waals surface area contributed by atoms with Gasteiger partial charge in [0, 0.05) is 19.2 Å². The van der Waals surface area contributed by atoms with Gasteiger partial charge in [-0.1, -0.05) is 17.7 Å². The number of methoxy groups -OCH3 is 2. The first-order chi connectivity index (χ1) is 13.5. The van der Waals surface area contributed by atoms with Crippen molar-refractivity contribution >= 4 is 23.6 Å². The number of ether oxygens (including phenoxy) is 4. The molecule has 28 heavy (non-hydrogen) atoms. The van der Waals surface area contributed by atoms with E-state index >= 15 is 0 Å². The molecule has 0 fully saturated rings. The van der Waals surface area contributed by atoms with E-state index in [-0.39, 0.29) is 12.7 Å². The zero-order valence-electron chi connectivity index (χ0n) is 16.0. The molecule has 0 saturated carbocycles. The van der Waals surface area contributed by atoms with E-state index < -0.39 is 0 Å². The van der Waals surface area contributed by atoms with E-state index in [1.54, 1.807) is 23.1 Å². The van der Waals surface area contributed by atoms with Gasteiger partial charge in [0.2, 0.25) is 12.7 Å². The Labute approximate surface area is 169 Å². The van der Waals surface area contributed by atoms with E-state index in [1.807, 2.05) is 25.1 Å². The summed E-state index contributed by atoms with van der Waals surface area (Å²) in [5, 5.41) is 0.418. The summed E-state index contributed by atoms with van der Waals surface area (Å²) in [6.07, 6.45) is 3.23. The number of benzene rings is 2. The lowest BCUT2D eigenvalue weighted by atomic mass is 10.1. The summed E-state index contributed by atoms with van der Waals surface area (Å²) in [7, 11) is 3.06. The largest absolute Gasteiger partial charge is 0.493 e. The molecule has 2 aromatic rings. The van der Waals surface area contributed by atoms with E-state index in [9.17, 15) is 4.79 Å². The third-order valence-corrected chi connectivity index (χ3v) is 4.66. The number of nitrogens with zero attached hydrogens (tertiary/aromatic N) is 1. The number of halogens is 1. The van der Waals surface area contributed by atoms with Crippen LogP contribution in [0.5, 0.6) is 23.0 Å². The van der Waals surface area contributed by atoms with Crippen molar-refractivity contribution in [3.05, 3.63) is 52.6 Å². The lowest BCUT2D eigenvalue weighted by Gasteiger charge is -2.19. The van der Waals surface area contributed by atoms with Crippen LogP contribution in [0.2, 0.25) is 5.02 Å².